The van der Waals surface area contributed by atoms with Crippen molar-refractivity contribution in [3.63, 3.8) is 0 Å². The number of aryl methyl sites for hydroxylation is 1. The molecule has 0 saturated carbocycles. The van der Waals surface area contributed by atoms with Crippen LogP contribution in [0.4, 0.5) is 5.82 Å². The van der Waals surface area contributed by atoms with Crippen LogP contribution >= 0.6 is 0 Å². The van der Waals surface area contributed by atoms with Crippen LogP contribution < -0.4 is 21.3 Å². The fourth-order valence-corrected chi connectivity index (χ4v) is 3.08. The topological polar surface area (TPSA) is 126 Å². The monoisotopic (exact) mass is 408 g/mol. The van der Waals surface area contributed by atoms with Crippen LogP contribution in [0.1, 0.15) is 58.4 Å². The van der Waals surface area contributed by atoms with Crippen LogP contribution in [-0.4, -0.2) is 52.8 Å². The quantitative estimate of drug-likeness (QED) is 0.354. The number of carbonyl (C=O) groups is 3. The second-order valence-electron chi connectivity index (χ2n) is 7.43. The molecule has 2 unspecified atom stereocenters. The summed E-state index contributed by atoms with van der Waals surface area (Å²) in [5, 5.41) is 15.6. The number of anilines is 1. The highest BCUT2D eigenvalue weighted by Gasteiger charge is 2.29. The molecule has 1 saturated heterocycles. The molecule has 1 aromatic rings. The minimum atomic E-state index is -0.789. The molecule has 4 N–H and O–H groups in total. The molecular formula is C19H32N6O4. The Morgan fingerprint density at radius 3 is 2.83 bits per heavy atom. The summed E-state index contributed by atoms with van der Waals surface area (Å²) in [7, 11) is 0. The Balaban J connectivity index is 1.95. The molecule has 0 bridgehead atoms. The third kappa shape index (κ3) is 7.13. The third-order valence-electron chi connectivity index (χ3n) is 4.37. The zero-order valence-corrected chi connectivity index (χ0v) is 17.6. The maximum atomic E-state index is 12.3. The van der Waals surface area contributed by atoms with Gasteiger partial charge in [0, 0.05) is 31.7 Å². The van der Waals surface area contributed by atoms with Gasteiger partial charge < -0.3 is 20.7 Å². The van der Waals surface area contributed by atoms with Crippen molar-refractivity contribution in [2.24, 2.45) is 0 Å². The van der Waals surface area contributed by atoms with Gasteiger partial charge in [-0.15, -0.1) is 0 Å². The van der Waals surface area contributed by atoms with Crippen molar-refractivity contribution in [2.75, 3.05) is 18.5 Å². The van der Waals surface area contributed by atoms with Crippen molar-refractivity contribution in [3.8, 4) is 0 Å². The molecule has 1 aliphatic heterocycles. The van der Waals surface area contributed by atoms with E-state index in [0.29, 0.717) is 37.5 Å². The van der Waals surface area contributed by atoms with Crippen LogP contribution in [0.5, 0.6) is 0 Å². The maximum absolute atomic E-state index is 12.3. The summed E-state index contributed by atoms with van der Waals surface area (Å²) < 4.78 is 6.88. The minimum Gasteiger partial charge on any atom is -0.379 e. The van der Waals surface area contributed by atoms with Gasteiger partial charge in [0.1, 0.15) is 5.82 Å². The van der Waals surface area contributed by atoms with E-state index in [2.05, 4.69) is 33.3 Å². The Labute approximate surface area is 171 Å². The van der Waals surface area contributed by atoms with Gasteiger partial charge in [0.05, 0.1) is 11.8 Å². The SMILES string of the molecule is CCCC1CC(=O)NC(n2nc(C)cc2NC(=O)C(=O)NCCCOC(C)C)N1. The van der Waals surface area contributed by atoms with Gasteiger partial charge in [0.15, 0.2) is 6.29 Å². The minimum absolute atomic E-state index is 0.0307. The first-order valence-corrected chi connectivity index (χ1v) is 10.1. The number of nitrogens with one attached hydrogen (secondary N) is 4. The number of hydrogen-bond acceptors (Lipinski definition) is 6. The average molecular weight is 409 g/mol. The highest BCUT2D eigenvalue weighted by atomic mass is 16.5. The Kier molecular flexibility index (Phi) is 8.59. The number of ether oxygens (including phenoxy) is 1. The Morgan fingerprint density at radius 2 is 2.14 bits per heavy atom. The largest absolute Gasteiger partial charge is 0.379 e. The molecule has 162 valence electrons. The van der Waals surface area contributed by atoms with E-state index in [1.165, 1.54) is 4.68 Å². The molecule has 3 amide bonds. The first-order chi connectivity index (χ1) is 13.8. The maximum Gasteiger partial charge on any atom is 0.314 e. The van der Waals surface area contributed by atoms with Crippen molar-refractivity contribution in [2.45, 2.75) is 71.8 Å². The first kappa shape index (κ1) is 22.8. The van der Waals surface area contributed by atoms with Gasteiger partial charge in [0.25, 0.3) is 0 Å². The van der Waals surface area contributed by atoms with Gasteiger partial charge in [-0.05, 0) is 33.6 Å². The lowest BCUT2D eigenvalue weighted by molar-refractivity contribution is -0.136. The van der Waals surface area contributed by atoms with E-state index in [9.17, 15) is 14.4 Å². The van der Waals surface area contributed by atoms with Crippen molar-refractivity contribution < 1.29 is 19.1 Å². The van der Waals surface area contributed by atoms with Crippen LogP contribution in [-0.2, 0) is 19.1 Å². The lowest BCUT2D eigenvalue weighted by Crippen LogP contribution is -2.53. The van der Waals surface area contributed by atoms with E-state index in [-0.39, 0.29) is 18.1 Å². The Hall–Kier alpha value is -2.46. The van der Waals surface area contributed by atoms with Crippen LogP contribution in [0.2, 0.25) is 0 Å². The summed E-state index contributed by atoms with van der Waals surface area (Å²) in [4.78, 5) is 36.3. The van der Waals surface area contributed by atoms with Crippen molar-refractivity contribution in [1.29, 1.82) is 0 Å². The second-order valence-corrected chi connectivity index (χ2v) is 7.43. The van der Waals surface area contributed by atoms with Gasteiger partial charge >= 0.3 is 11.8 Å². The van der Waals surface area contributed by atoms with Gasteiger partial charge in [-0.1, -0.05) is 13.3 Å². The van der Waals surface area contributed by atoms with Crippen molar-refractivity contribution in [3.05, 3.63) is 11.8 Å². The van der Waals surface area contributed by atoms with Crippen LogP contribution in [0.15, 0.2) is 6.07 Å². The molecule has 2 heterocycles. The van der Waals surface area contributed by atoms with Gasteiger partial charge in [-0.2, -0.15) is 5.10 Å². The number of hydrogen-bond donors (Lipinski definition) is 4. The molecule has 1 aliphatic rings. The molecule has 1 fully saturated rings. The zero-order chi connectivity index (χ0) is 21.4. The molecule has 0 aromatic carbocycles. The van der Waals surface area contributed by atoms with Gasteiger partial charge in [-0.3, -0.25) is 19.7 Å². The fraction of sp³-hybridized carbons (Fsp3) is 0.684. The standard InChI is InChI=1S/C19H32N6O4/c1-5-7-14-11-16(26)23-19(21-14)25-15(10-13(4)24-25)22-18(28)17(27)20-8-6-9-29-12(2)3/h10,12,14,19,21H,5-9,11H2,1-4H3,(H,20,27)(H,22,28)(H,23,26). The van der Waals surface area contributed by atoms with E-state index < -0.39 is 18.1 Å². The smallest absolute Gasteiger partial charge is 0.314 e. The van der Waals surface area contributed by atoms with Crippen molar-refractivity contribution >= 4 is 23.5 Å². The summed E-state index contributed by atoms with van der Waals surface area (Å²) in [6.07, 6.45) is 2.35. The predicted molar refractivity (Wildman–Crippen MR) is 108 cm³/mol. The van der Waals surface area contributed by atoms with E-state index >= 15 is 0 Å². The average Bonchev–Trinajstić information content (AvgIpc) is 3.01. The van der Waals surface area contributed by atoms with Crippen LogP contribution in [0.25, 0.3) is 0 Å². The number of amides is 3. The predicted octanol–water partition coefficient (Wildman–Crippen LogP) is 0.796. The molecule has 2 atom stereocenters. The van der Waals surface area contributed by atoms with Crippen molar-refractivity contribution in [1.82, 2.24) is 25.7 Å². The molecule has 10 heteroatoms. The highest BCUT2D eigenvalue weighted by molar-refractivity contribution is 6.39. The number of aromatic nitrogens is 2. The third-order valence-corrected chi connectivity index (χ3v) is 4.37. The molecule has 29 heavy (non-hydrogen) atoms. The second kappa shape index (κ2) is 10.9. The molecule has 1 aromatic heterocycles. The normalized spacial score (nSPS) is 19.1. The van der Waals surface area contributed by atoms with Gasteiger partial charge in [0.2, 0.25) is 5.91 Å². The summed E-state index contributed by atoms with van der Waals surface area (Å²) in [5.74, 6) is -1.27. The van der Waals surface area contributed by atoms with Crippen LogP contribution in [0.3, 0.4) is 0 Å². The molecule has 2 rings (SSSR count). The fourth-order valence-electron chi connectivity index (χ4n) is 3.08. The molecule has 0 aliphatic carbocycles. The lowest BCUT2D eigenvalue weighted by atomic mass is 10.1. The van der Waals surface area contributed by atoms with E-state index in [1.807, 2.05) is 13.8 Å². The zero-order valence-electron chi connectivity index (χ0n) is 17.6. The Morgan fingerprint density at radius 1 is 1.38 bits per heavy atom. The van der Waals surface area contributed by atoms with E-state index in [1.54, 1.807) is 13.0 Å². The van der Waals surface area contributed by atoms with Gasteiger partial charge in [-0.25, -0.2) is 4.68 Å². The number of nitrogens with zero attached hydrogens (tertiary/aromatic N) is 2. The number of carbonyl (C=O) groups excluding carboxylic acids is 3. The van der Waals surface area contributed by atoms with Crippen LogP contribution in [0, 0.1) is 6.92 Å². The lowest BCUT2D eigenvalue weighted by Gasteiger charge is -2.32. The molecule has 0 spiro atoms. The highest BCUT2D eigenvalue weighted by Crippen LogP contribution is 2.18. The number of rotatable bonds is 9. The van der Waals surface area contributed by atoms with E-state index in [0.717, 1.165) is 12.8 Å². The molecule has 10 nitrogen and oxygen atoms in total. The summed E-state index contributed by atoms with van der Waals surface area (Å²) in [5.41, 5.74) is 0.653. The van der Waals surface area contributed by atoms with E-state index in [4.69, 9.17) is 4.74 Å². The summed E-state index contributed by atoms with van der Waals surface area (Å²) >= 11 is 0. The summed E-state index contributed by atoms with van der Waals surface area (Å²) in [6, 6.07) is 1.68. The Bertz CT molecular complexity index is 718. The summed E-state index contributed by atoms with van der Waals surface area (Å²) in [6.45, 7) is 8.56. The molecule has 0 radical (unpaired) electrons. The molecular weight excluding hydrogens is 376 g/mol. The first-order valence-electron chi connectivity index (χ1n) is 10.1.